The van der Waals surface area contributed by atoms with E-state index in [4.69, 9.17) is 0 Å². The first-order valence-electron chi connectivity index (χ1n) is 3.20. The number of hydrogen-bond donors (Lipinski definition) is 0. The summed E-state index contributed by atoms with van der Waals surface area (Å²) < 4.78 is 14.9. The minimum Gasteiger partial charge on any atom is -0.250 e. The molecule has 0 aliphatic rings. The molecular formula is C6H15NOS. The molecule has 1 unspecified atom stereocenters. The summed E-state index contributed by atoms with van der Waals surface area (Å²) in [6.07, 6.45) is 3.83. The van der Waals surface area contributed by atoms with Gasteiger partial charge in [0.2, 0.25) is 0 Å². The van der Waals surface area contributed by atoms with Gasteiger partial charge in [0, 0.05) is 28.8 Å². The standard InChI is InChI=1S/C6H15NOS/c1-4-5-6-9(3,8)7-2/h4-6H2,1-3H3. The molecule has 0 aliphatic heterocycles. The van der Waals surface area contributed by atoms with Crippen molar-refractivity contribution in [1.29, 1.82) is 0 Å². The second-order valence-corrected chi connectivity index (χ2v) is 4.89. The van der Waals surface area contributed by atoms with E-state index in [2.05, 4.69) is 11.3 Å². The van der Waals surface area contributed by atoms with Crippen molar-refractivity contribution in [2.24, 2.45) is 4.36 Å². The van der Waals surface area contributed by atoms with Crippen molar-refractivity contribution in [3.05, 3.63) is 0 Å². The second kappa shape index (κ2) is 3.88. The fourth-order valence-electron chi connectivity index (χ4n) is 0.503. The highest BCUT2D eigenvalue weighted by Gasteiger charge is 1.95. The van der Waals surface area contributed by atoms with Crippen LogP contribution in [0.2, 0.25) is 0 Å². The van der Waals surface area contributed by atoms with Gasteiger partial charge in [-0.05, 0) is 6.42 Å². The largest absolute Gasteiger partial charge is 0.250 e. The Morgan fingerprint density at radius 2 is 2.11 bits per heavy atom. The summed E-state index contributed by atoms with van der Waals surface area (Å²) >= 11 is 0. The predicted molar refractivity (Wildman–Crippen MR) is 42.2 cm³/mol. The second-order valence-electron chi connectivity index (χ2n) is 2.20. The maximum atomic E-state index is 11.1. The zero-order valence-corrected chi connectivity index (χ0v) is 7.20. The molecule has 0 bridgehead atoms. The molecule has 0 saturated heterocycles. The summed E-state index contributed by atoms with van der Waals surface area (Å²) in [6, 6.07) is 0. The Balaban J connectivity index is 3.76. The summed E-state index contributed by atoms with van der Waals surface area (Å²) in [4.78, 5) is 0. The molecule has 0 rings (SSSR count). The van der Waals surface area contributed by atoms with Gasteiger partial charge >= 0.3 is 0 Å². The molecular weight excluding hydrogens is 134 g/mol. The molecule has 0 radical (unpaired) electrons. The molecule has 3 heteroatoms. The van der Waals surface area contributed by atoms with Crippen LogP contribution in [0, 0.1) is 0 Å². The first-order chi connectivity index (χ1) is 4.12. The van der Waals surface area contributed by atoms with Crippen LogP contribution in [-0.4, -0.2) is 23.3 Å². The fraction of sp³-hybridized carbons (Fsp3) is 1.00. The number of hydrogen-bond acceptors (Lipinski definition) is 2. The van der Waals surface area contributed by atoms with Crippen LogP contribution in [-0.2, 0) is 9.73 Å². The topological polar surface area (TPSA) is 29.4 Å². The Bertz CT molecular complexity index is 168. The van der Waals surface area contributed by atoms with Gasteiger partial charge < -0.3 is 0 Å². The number of unbranched alkanes of at least 4 members (excludes halogenated alkanes) is 1. The summed E-state index contributed by atoms with van der Waals surface area (Å²) in [6.45, 7) is 2.09. The maximum absolute atomic E-state index is 11.1. The Morgan fingerprint density at radius 3 is 2.44 bits per heavy atom. The van der Waals surface area contributed by atoms with Crippen molar-refractivity contribution < 1.29 is 4.21 Å². The molecule has 2 nitrogen and oxygen atoms in total. The third-order valence-corrected chi connectivity index (χ3v) is 3.08. The lowest BCUT2D eigenvalue weighted by Crippen LogP contribution is -2.01. The van der Waals surface area contributed by atoms with Crippen LogP contribution < -0.4 is 0 Å². The highest BCUT2D eigenvalue weighted by molar-refractivity contribution is 7.92. The quantitative estimate of drug-likeness (QED) is 0.598. The van der Waals surface area contributed by atoms with Gasteiger partial charge in [-0.1, -0.05) is 13.3 Å². The van der Waals surface area contributed by atoms with Crippen LogP contribution in [0.3, 0.4) is 0 Å². The van der Waals surface area contributed by atoms with E-state index in [-0.39, 0.29) is 0 Å². The van der Waals surface area contributed by atoms with E-state index in [1.165, 1.54) is 0 Å². The monoisotopic (exact) mass is 149 g/mol. The van der Waals surface area contributed by atoms with Gasteiger partial charge in [-0.2, -0.15) is 0 Å². The average Bonchev–Trinajstić information content (AvgIpc) is 1.84. The van der Waals surface area contributed by atoms with Crippen molar-refractivity contribution in [2.45, 2.75) is 19.8 Å². The van der Waals surface area contributed by atoms with Gasteiger partial charge in [0.05, 0.1) is 0 Å². The van der Waals surface area contributed by atoms with Crippen molar-refractivity contribution in [3.63, 3.8) is 0 Å². The van der Waals surface area contributed by atoms with Crippen LogP contribution in [0.15, 0.2) is 4.36 Å². The SMILES string of the molecule is CCCCS(C)(=O)=NC. The molecule has 0 heterocycles. The van der Waals surface area contributed by atoms with Gasteiger partial charge in [-0.25, -0.2) is 4.36 Å². The molecule has 0 aromatic rings. The van der Waals surface area contributed by atoms with E-state index in [1.807, 2.05) is 0 Å². The smallest absolute Gasteiger partial charge is 0.0435 e. The van der Waals surface area contributed by atoms with Crippen molar-refractivity contribution in [3.8, 4) is 0 Å². The summed E-state index contributed by atoms with van der Waals surface area (Å²) in [5.74, 6) is 0.750. The molecule has 0 aliphatic carbocycles. The van der Waals surface area contributed by atoms with Crippen LogP contribution in [0.4, 0.5) is 0 Å². The number of rotatable bonds is 3. The molecule has 0 aromatic heterocycles. The Kier molecular flexibility index (Phi) is 3.86. The molecule has 0 amide bonds. The molecule has 0 aromatic carbocycles. The minimum atomic E-state index is -1.81. The lowest BCUT2D eigenvalue weighted by molar-refractivity contribution is 0.676. The normalized spacial score (nSPS) is 16.8. The molecule has 0 N–H and O–H groups in total. The Morgan fingerprint density at radius 1 is 1.56 bits per heavy atom. The fourth-order valence-corrected chi connectivity index (χ4v) is 1.51. The highest BCUT2D eigenvalue weighted by Crippen LogP contribution is 1.95. The van der Waals surface area contributed by atoms with Crippen molar-refractivity contribution >= 4 is 9.73 Å². The third-order valence-electron chi connectivity index (χ3n) is 1.26. The Labute approximate surface area is 57.8 Å². The molecule has 1 atom stereocenters. The van der Waals surface area contributed by atoms with Crippen LogP contribution in [0.1, 0.15) is 19.8 Å². The van der Waals surface area contributed by atoms with Gasteiger partial charge in [0.25, 0.3) is 0 Å². The third kappa shape index (κ3) is 4.45. The number of nitrogens with zero attached hydrogens (tertiary/aromatic N) is 1. The zero-order valence-electron chi connectivity index (χ0n) is 6.39. The minimum absolute atomic E-state index is 0.750. The van der Waals surface area contributed by atoms with E-state index in [0.717, 1.165) is 18.6 Å². The summed E-state index contributed by atoms with van der Waals surface area (Å²) in [5, 5.41) is 0. The molecule has 0 fully saturated rings. The van der Waals surface area contributed by atoms with E-state index in [1.54, 1.807) is 13.3 Å². The summed E-state index contributed by atoms with van der Waals surface area (Å²) in [7, 11) is -0.184. The molecule has 0 spiro atoms. The maximum Gasteiger partial charge on any atom is 0.0435 e. The van der Waals surface area contributed by atoms with Gasteiger partial charge in [-0.15, -0.1) is 0 Å². The van der Waals surface area contributed by atoms with E-state index in [0.29, 0.717) is 0 Å². The lowest BCUT2D eigenvalue weighted by atomic mass is 10.4. The van der Waals surface area contributed by atoms with Crippen molar-refractivity contribution in [1.82, 2.24) is 0 Å². The highest BCUT2D eigenvalue weighted by atomic mass is 32.2. The van der Waals surface area contributed by atoms with Gasteiger partial charge in [0.1, 0.15) is 0 Å². The predicted octanol–water partition coefficient (Wildman–Crippen LogP) is 1.51. The van der Waals surface area contributed by atoms with Gasteiger partial charge in [0.15, 0.2) is 0 Å². The average molecular weight is 149 g/mol. The molecule has 0 saturated carbocycles. The summed E-state index contributed by atoms with van der Waals surface area (Å²) in [5.41, 5.74) is 0. The van der Waals surface area contributed by atoms with Crippen molar-refractivity contribution in [2.75, 3.05) is 19.1 Å². The first kappa shape index (κ1) is 8.95. The molecule has 9 heavy (non-hydrogen) atoms. The van der Waals surface area contributed by atoms with Crippen LogP contribution >= 0.6 is 0 Å². The Hall–Kier alpha value is -0.0500. The van der Waals surface area contributed by atoms with E-state index >= 15 is 0 Å². The first-order valence-corrected chi connectivity index (χ1v) is 5.29. The molecule has 56 valence electrons. The van der Waals surface area contributed by atoms with E-state index in [9.17, 15) is 4.21 Å². The van der Waals surface area contributed by atoms with E-state index < -0.39 is 9.73 Å². The zero-order chi connectivity index (χ0) is 7.33. The van der Waals surface area contributed by atoms with Crippen LogP contribution in [0.5, 0.6) is 0 Å². The lowest BCUT2D eigenvalue weighted by Gasteiger charge is -1.98. The van der Waals surface area contributed by atoms with Gasteiger partial charge in [-0.3, -0.25) is 4.21 Å². The van der Waals surface area contributed by atoms with Crippen LogP contribution in [0.25, 0.3) is 0 Å².